The first-order chi connectivity index (χ1) is 15.4. The third kappa shape index (κ3) is 5.82. The van der Waals surface area contributed by atoms with Crippen LogP contribution >= 0.6 is 0 Å². The molecule has 0 saturated carbocycles. The van der Waals surface area contributed by atoms with Crippen molar-refractivity contribution in [1.29, 1.82) is 0 Å². The van der Waals surface area contributed by atoms with Crippen molar-refractivity contribution in [1.82, 2.24) is 20.0 Å². The summed E-state index contributed by atoms with van der Waals surface area (Å²) in [5, 5.41) is 17.9. The summed E-state index contributed by atoms with van der Waals surface area (Å²) in [6.07, 6.45) is 1.09. The highest BCUT2D eigenvalue weighted by molar-refractivity contribution is 5.87. The van der Waals surface area contributed by atoms with E-state index >= 15 is 0 Å². The number of aliphatic hydroxyl groups excluding tert-OH is 1. The Morgan fingerprint density at radius 1 is 1.09 bits per heavy atom. The van der Waals surface area contributed by atoms with E-state index in [9.17, 15) is 14.7 Å². The molecule has 7 nitrogen and oxygen atoms in total. The lowest BCUT2D eigenvalue weighted by atomic mass is 9.93. The fourth-order valence-corrected chi connectivity index (χ4v) is 3.44. The largest absolute Gasteiger partial charge is 0.383 e. The lowest BCUT2D eigenvalue weighted by Crippen LogP contribution is -2.46. The van der Waals surface area contributed by atoms with Gasteiger partial charge in [-0.05, 0) is 30.7 Å². The molecule has 2 atom stereocenters. The summed E-state index contributed by atoms with van der Waals surface area (Å²) in [6, 6.07) is 19.4. The molecule has 0 aliphatic heterocycles. The number of amides is 2. The van der Waals surface area contributed by atoms with Crippen LogP contribution in [-0.4, -0.2) is 57.8 Å². The van der Waals surface area contributed by atoms with Gasteiger partial charge in [-0.1, -0.05) is 55.0 Å². The average molecular weight is 435 g/mol. The van der Waals surface area contributed by atoms with E-state index in [2.05, 4.69) is 10.4 Å². The number of aryl methyl sites for hydroxylation is 1. The Morgan fingerprint density at radius 2 is 1.78 bits per heavy atom. The van der Waals surface area contributed by atoms with E-state index in [1.54, 1.807) is 4.68 Å². The van der Waals surface area contributed by atoms with Crippen LogP contribution in [0.5, 0.6) is 0 Å². The number of aliphatic hydroxyl groups is 1. The van der Waals surface area contributed by atoms with Crippen LogP contribution in [0.1, 0.15) is 29.7 Å². The SMILES string of the molecule is CNC(=O)CN(CCc1ccn(-c2ccccc2)n1)C(=O)C(O)C(C)c1ccc(C)cc1. The van der Waals surface area contributed by atoms with Crippen LogP contribution in [0.15, 0.2) is 66.9 Å². The van der Waals surface area contributed by atoms with Crippen molar-refractivity contribution in [3.63, 3.8) is 0 Å². The first kappa shape index (κ1) is 23.2. The van der Waals surface area contributed by atoms with E-state index in [1.165, 1.54) is 11.9 Å². The third-order valence-electron chi connectivity index (χ3n) is 5.56. The zero-order valence-electron chi connectivity index (χ0n) is 18.7. The maximum atomic E-state index is 13.1. The van der Waals surface area contributed by atoms with Gasteiger partial charge in [-0.2, -0.15) is 5.10 Å². The topological polar surface area (TPSA) is 87.5 Å². The zero-order chi connectivity index (χ0) is 23.1. The summed E-state index contributed by atoms with van der Waals surface area (Å²) in [6.45, 7) is 3.95. The van der Waals surface area contributed by atoms with Gasteiger partial charge < -0.3 is 15.3 Å². The van der Waals surface area contributed by atoms with Crippen molar-refractivity contribution >= 4 is 11.8 Å². The second-order valence-corrected chi connectivity index (χ2v) is 7.91. The fourth-order valence-electron chi connectivity index (χ4n) is 3.44. The van der Waals surface area contributed by atoms with Crippen LogP contribution in [0.25, 0.3) is 5.69 Å². The van der Waals surface area contributed by atoms with Crippen molar-refractivity contribution in [2.45, 2.75) is 32.3 Å². The number of nitrogens with zero attached hydrogens (tertiary/aromatic N) is 3. The molecule has 0 aliphatic carbocycles. The molecule has 2 N–H and O–H groups in total. The zero-order valence-corrected chi connectivity index (χ0v) is 18.7. The lowest BCUT2D eigenvalue weighted by molar-refractivity contribution is -0.144. The summed E-state index contributed by atoms with van der Waals surface area (Å²) in [7, 11) is 1.53. The number of nitrogens with one attached hydrogen (secondary N) is 1. The monoisotopic (exact) mass is 434 g/mol. The standard InChI is InChI=1S/C25H30N4O3/c1-18-9-11-20(12-10-18)19(2)24(31)25(32)28(17-23(30)26-3)15-13-21-14-16-29(27-21)22-7-5-4-6-8-22/h4-12,14,16,19,24,31H,13,15,17H2,1-3H3,(H,26,30). The summed E-state index contributed by atoms with van der Waals surface area (Å²) >= 11 is 0. The second-order valence-electron chi connectivity index (χ2n) is 7.91. The summed E-state index contributed by atoms with van der Waals surface area (Å²) in [5.41, 5.74) is 3.72. The molecule has 2 amide bonds. The third-order valence-corrected chi connectivity index (χ3v) is 5.56. The second kappa shape index (κ2) is 10.7. The molecule has 168 valence electrons. The smallest absolute Gasteiger partial charge is 0.252 e. The van der Waals surface area contributed by atoms with Gasteiger partial charge in [-0.25, -0.2) is 4.68 Å². The lowest BCUT2D eigenvalue weighted by Gasteiger charge is -2.27. The van der Waals surface area contributed by atoms with Gasteiger partial charge in [-0.3, -0.25) is 9.59 Å². The van der Waals surface area contributed by atoms with Gasteiger partial charge in [0.25, 0.3) is 5.91 Å². The average Bonchev–Trinajstić information content (AvgIpc) is 3.30. The quantitative estimate of drug-likeness (QED) is 0.542. The molecule has 3 aromatic rings. The van der Waals surface area contributed by atoms with Crippen LogP contribution in [0, 0.1) is 6.92 Å². The highest BCUT2D eigenvalue weighted by atomic mass is 16.3. The number of likely N-dealkylation sites (N-methyl/N-ethyl adjacent to an activating group) is 1. The van der Waals surface area contributed by atoms with Crippen LogP contribution in [0.4, 0.5) is 0 Å². The molecular weight excluding hydrogens is 404 g/mol. The molecule has 32 heavy (non-hydrogen) atoms. The van der Waals surface area contributed by atoms with Gasteiger partial charge in [0, 0.05) is 32.1 Å². The van der Waals surface area contributed by atoms with Gasteiger partial charge in [0.2, 0.25) is 5.91 Å². The van der Waals surface area contributed by atoms with Gasteiger partial charge in [0.1, 0.15) is 6.10 Å². The Kier molecular flexibility index (Phi) is 7.78. The summed E-state index contributed by atoms with van der Waals surface area (Å²) in [4.78, 5) is 26.5. The van der Waals surface area contributed by atoms with E-state index < -0.39 is 17.9 Å². The van der Waals surface area contributed by atoms with Gasteiger partial charge in [0.15, 0.2) is 0 Å². The minimum Gasteiger partial charge on any atom is -0.383 e. The van der Waals surface area contributed by atoms with Gasteiger partial charge in [-0.15, -0.1) is 0 Å². The normalized spacial score (nSPS) is 12.8. The Labute approximate surface area is 188 Å². The molecule has 0 bridgehead atoms. The van der Waals surface area contributed by atoms with Crippen molar-refractivity contribution in [2.75, 3.05) is 20.1 Å². The van der Waals surface area contributed by atoms with Crippen molar-refractivity contribution in [3.05, 3.63) is 83.7 Å². The molecule has 1 aromatic heterocycles. The molecule has 2 unspecified atom stereocenters. The van der Waals surface area contributed by atoms with Crippen LogP contribution in [-0.2, 0) is 16.0 Å². The van der Waals surface area contributed by atoms with Crippen molar-refractivity contribution < 1.29 is 14.7 Å². The highest BCUT2D eigenvalue weighted by Gasteiger charge is 2.29. The maximum Gasteiger partial charge on any atom is 0.252 e. The first-order valence-corrected chi connectivity index (χ1v) is 10.7. The van der Waals surface area contributed by atoms with Gasteiger partial charge in [0.05, 0.1) is 17.9 Å². The maximum absolute atomic E-state index is 13.1. The summed E-state index contributed by atoms with van der Waals surface area (Å²) < 4.78 is 1.77. The molecular formula is C25H30N4O3. The Bertz CT molecular complexity index is 1030. The molecule has 0 radical (unpaired) electrons. The highest BCUT2D eigenvalue weighted by Crippen LogP contribution is 2.21. The Morgan fingerprint density at radius 3 is 2.44 bits per heavy atom. The first-order valence-electron chi connectivity index (χ1n) is 10.7. The number of hydrogen-bond acceptors (Lipinski definition) is 4. The predicted molar refractivity (Wildman–Crippen MR) is 124 cm³/mol. The molecule has 7 heteroatoms. The Balaban J connectivity index is 1.70. The number of aromatic nitrogens is 2. The molecule has 0 saturated heterocycles. The minimum atomic E-state index is -1.25. The van der Waals surface area contributed by atoms with Crippen molar-refractivity contribution in [3.8, 4) is 5.69 Å². The van der Waals surface area contributed by atoms with Crippen molar-refractivity contribution in [2.24, 2.45) is 0 Å². The Hall–Kier alpha value is -3.45. The molecule has 2 aromatic carbocycles. The van der Waals surface area contributed by atoms with E-state index in [0.29, 0.717) is 6.42 Å². The van der Waals surface area contributed by atoms with Crippen LogP contribution in [0.3, 0.4) is 0 Å². The fraction of sp³-hybridized carbons (Fsp3) is 0.320. The molecule has 3 rings (SSSR count). The van der Waals surface area contributed by atoms with E-state index in [4.69, 9.17) is 0 Å². The number of hydrogen-bond donors (Lipinski definition) is 2. The minimum absolute atomic E-state index is 0.119. The van der Waals surface area contributed by atoms with E-state index in [0.717, 1.165) is 22.5 Å². The molecule has 0 aliphatic rings. The predicted octanol–water partition coefficient (Wildman–Crippen LogP) is 2.46. The number of rotatable bonds is 9. The molecule has 0 spiro atoms. The summed E-state index contributed by atoms with van der Waals surface area (Å²) in [5.74, 6) is -1.15. The molecule has 0 fully saturated rings. The number of para-hydroxylation sites is 1. The van der Waals surface area contributed by atoms with Crippen LogP contribution in [0.2, 0.25) is 0 Å². The number of benzene rings is 2. The van der Waals surface area contributed by atoms with Gasteiger partial charge >= 0.3 is 0 Å². The van der Waals surface area contributed by atoms with Crippen LogP contribution < -0.4 is 5.32 Å². The van der Waals surface area contributed by atoms with E-state index in [-0.39, 0.29) is 19.0 Å². The van der Waals surface area contributed by atoms with E-state index in [1.807, 2.05) is 80.7 Å². The number of carbonyl (C=O) groups excluding carboxylic acids is 2. The molecule has 1 heterocycles. The number of carbonyl (C=O) groups is 2.